The lowest BCUT2D eigenvalue weighted by molar-refractivity contribution is 0.0691. The van der Waals surface area contributed by atoms with E-state index < -0.39 is 5.97 Å². The second kappa shape index (κ2) is 7.40. The van der Waals surface area contributed by atoms with Gasteiger partial charge in [-0.1, -0.05) is 11.6 Å². The second-order valence-corrected chi connectivity index (χ2v) is 4.85. The first-order valence-electron chi connectivity index (χ1n) is 5.28. The fraction of sp³-hybridized carbons (Fsp3) is 0.455. The SMILES string of the molecule is CSCCCCNc1ccc(Cl)c(C(=O)O)n1. The van der Waals surface area contributed by atoms with Crippen molar-refractivity contribution in [2.45, 2.75) is 12.8 Å². The molecule has 17 heavy (non-hydrogen) atoms. The molecule has 0 atom stereocenters. The van der Waals surface area contributed by atoms with Crippen molar-refractivity contribution in [2.24, 2.45) is 0 Å². The van der Waals surface area contributed by atoms with Crippen molar-refractivity contribution in [3.8, 4) is 0 Å². The summed E-state index contributed by atoms with van der Waals surface area (Å²) in [6.45, 7) is 0.786. The number of thioether (sulfide) groups is 1. The standard InChI is InChI=1S/C11H15ClN2O2S/c1-17-7-3-2-6-13-9-5-4-8(12)10(14-9)11(15)16/h4-5H,2-3,6-7H2,1H3,(H,13,14)(H,15,16). The van der Waals surface area contributed by atoms with Gasteiger partial charge in [-0.2, -0.15) is 11.8 Å². The zero-order valence-corrected chi connectivity index (χ0v) is 11.1. The van der Waals surface area contributed by atoms with Gasteiger partial charge >= 0.3 is 5.97 Å². The Hall–Kier alpha value is -0.940. The van der Waals surface area contributed by atoms with E-state index in [9.17, 15) is 4.79 Å². The van der Waals surface area contributed by atoms with Crippen LogP contribution >= 0.6 is 23.4 Å². The van der Waals surface area contributed by atoms with Gasteiger partial charge in [0.2, 0.25) is 0 Å². The lowest BCUT2D eigenvalue weighted by Gasteiger charge is -2.06. The first kappa shape index (κ1) is 14.1. The number of aromatic carboxylic acids is 1. The zero-order chi connectivity index (χ0) is 12.7. The molecule has 1 rings (SSSR count). The average Bonchev–Trinajstić information content (AvgIpc) is 2.30. The van der Waals surface area contributed by atoms with Crippen molar-refractivity contribution < 1.29 is 9.90 Å². The number of hydrogen-bond donors (Lipinski definition) is 2. The molecule has 6 heteroatoms. The van der Waals surface area contributed by atoms with Crippen molar-refractivity contribution in [3.63, 3.8) is 0 Å². The molecule has 0 unspecified atom stereocenters. The van der Waals surface area contributed by atoms with E-state index >= 15 is 0 Å². The van der Waals surface area contributed by atoms with Crippen LogP contribution in [0.25, 0.3) is 0 Å². The van der Waals surface area contributed by atoms with Crippen LogP contribution in [0.3, 0.4) is 0 Å². The number of halogens is 1. The van der Waals surface area contributed by atoms with Crippen molar-refractivity contribution in [3.05, 3.63) is 22.8 Å². The Morgan fingerprint density at radius 2 is 2.29 bits per heavy atom. The van der Waals surface area contributed by atoms with Gasteiger partial charge in [-0.3, -0.25) is 0 Å². The van der Waals surface area contributed by atoms with Crippen molar-refractivity contribution in [1.29, 1.82) is 0 Å². The minimum absolute atomic E-state index is 0.110. The number of hydrogen-bond acceptors (Lipinski definition) is 4. The van der Waals surface area contributed by atoms with Gasteiger partial charge in [0.15, 0.2) is 5.69 Å². The Kier molecular flexibility index (Phi) is 6.15. The molecule has 1 aromatic rings. The summed E-state index contributed by atoms with van der Waals surface area (Å²) in [6.07, 6.45) is 4.24. The summed E-state index contributed by atoms with van der Waals surface area (Å²) in [7, 11) is 0. The first-order chi connectivity index (χ1) is 8.15. The van der Waals surface area contributed by atoms with Crippen LogP contribution in [0.4, 0.5) is 5.82 Å². The molecule has 0 saturated heterocycles. The Morgan fingerprint density at radius 3 is 2.94 bits per heavy atom. The van der Waals surface area contributed by atoms with Gasteiger partial charge in [0.25, 0.3) is 0 Å². The summed E-state index contributed by atoms with van der Waals surface area (Å²) >= 11 is 7.54. The molecule has 0 aliphatic carbocycles. The van der Waals surface area contributed by atoms with Crippen molar-refractivity contribution in [1.82, 2.24) is 4.98 Å². The van der Waals surface area contributed by atoms with Gasteiger partial charge in [-0.15, -0.1) is 0 Å². The Balaban J connectivity index is 2.49. The molecular formula is C11H15ClN2O2S. The molecule has 0 aliphatic rings. The highest BCUT2D eigenvalue weighted by atomic mass is 35.5. The van der Waals surface area contributed by atoms with Gasteiger partial charge in [-0.05, 0) is 37.0 Å². The lowest BCUT2D eigenvalue weighted by Crippen LogP contribution is -2.07. The number of pyridine rings is 1. The number of rotatable bonds is 7. The molecule has 0 bridgehead atoms. The van der Waals surface area contributed by atoms with E-state index in [0.29, 0.717) is 5.82 Å². The largest absolute Gasteiger partial charge is 0.476 e. The highest BCUT2D eigenvalue weighted by Gasteiger charge is 2.10. The van der Waals surface area contributed by atoms with E-state index in [1.807, 2.05) is 11.8 Å². The van der Waals surface area contributed by atoms with E-state index in [0.717, 1.165) is 25.1 Å². The Bertz CT molecular complexity index is 388. The monoisotopic (exact) mass is 274 g/mol. The van der Waals surface area contributed by atoms with Gasteiger partial charge < -0.3 is 10.4 Å². The molecule has 0 spiro atoms. The van der Waals surface area contributed by atoms with Crippen LogP contribution in [0, 0.1) is 0 Å². The Morgan fingerprint density at radius 1 is 1.53 bits per heavy atom. The number of nitrogens with zero attached hydrogens (tertiary/aromatic N) is 1. The number of aromatic nitrogens is 1. The van der Waals surface area contributed by atoms with Crippen LogP contribution in [0.15, 0.2) is 12.1 Å². The average molecular weight is 275 g/mol. The van der Waals surface area contributed by atoms with E-state index in [1.54, 1.807) is 12.1 Å². The number of nitrogens with one attached hydrogen (secondary N) is 1. The van der Waals surface area contributed by atoms with Crippen LogP contribution in [-0.2, 0) is 0 Å². The molecule has 0 radical (unpaired) electrons. The highest BCUT2D eigenvalue weighted by Crippen LogP contribution is 2.16. The third-order valence-corrected chi connectivity index (χ3v) is 3.13. The minimum atomic E-state index is -1.11. The summed E-state index contributed by atoms with van der Waals surface area (Å²) in [5, 5.41) is 12.1. The van der Waals surface area contributed by atoms with E-state index in [-0.39, 0.29) is 10.7 Å². The quantitative estimate of drug-likeness (QED) is 0.749. The smallest absolute Gasteiger partial charge is 0.356 e. The van der Waals surface area contributed by atoms with E-state index in [4.69, 9.17) is 16.7 Å². The van der Waals surface area contributed by atoms with E-state index in [1.165, 1.54) is 0 Å². The summed E-state index contributed by atoms with van der Waals surface area (Å²) in [4.78, 5) is 14.8. The van der Waals surface area contributed by atoms with Gasteiger partial charge in [0.1, 0.15) is 5.82 Å². The van der Waals surface area contributed by atoms with Crippen LogP contribution in [0.5, 0.6) is 0 Å². The molecular weight excluding hydrogens is 260 g/mol. The molecule has 0 fully saturated rings. The maximum absolute atomic E-state index is 10.8. The number of anilines is 1. The minimum Gasteiger partial charge on any atom is -0.476 e. The van der Waals surface area contributed by atoms with Gasteiger partial charge in [0, 0.05) is 6.54 Å². The van der Waals surface area contributed by atoms with Crippen LogP contribution in [-0.4, -0.2) is 34.6 Å². The number of carboxylic acids is 1. The maximum atomic E-state index is 10.8. The molecule has 1 heterocycles. The van der Waals surface area contributed by atoms with Crippen molar-refractivity contribution in [2.75, 3.05) is 23.9 Å². The fourth-order valence-electron chi connectivity index (χ4n) is 1.28. The van der Waals surface area contributed by atoms with Crippen molar-refractivity contribution >= 4 is 35.1 Å². The lowest BCUT2D eigenvalue weighted by atomic mass is 10.3. The summed E-state index contributed by atoms with van der Waals surface area (Å²) in [5.41, 5.74) is -0.110. The molecule has 0 aliphatic heterocycles. The third-order valence-electron chi connectivity index (χ3n) is 2.13. The molecule has 0 saturated carbocycles. The maximum Gasteiger partial charge on any atom is 0.356 e. The second-order valence-electron chi connectivity index (χ2n) is 3.46. The Labute approximate surface area is 110 Å². The molecule has 2 N–H and O–H groups in total. The summed E-state index contributed by atoms with van der Waals surface area (Å²) in [5.74, 6) is 0.577. The summed E-state index contributed by atoms with van der Waals surface area (Å²) < 4.78 is 0. The van der Waals surface area contributed by atoms with Crippen LogP contribution in [0.1, 0.15) is 23.3 Å². The summed E-state index contributed by atoms with van der Waals surface area (Å²) in [6, 6.07) is 3.23. The predicted molar refractivity (Wildman–Crippen MR) is 72.3 cm³/mol. The van der Waals surface area contributed by atoms with Gasteiger partial charge in [0.05, 0.1) is 5.02 Å². The number of carbonyl (C=O) groups is 1. The molecule has 0 amide bonds. The molecule has 94 valence electrons. The third kappa shape index (κ3) is 4.83. The number of carboxylic acid groups (broad SMARTS) is 1. The van der Waals surface area contributed by atoms with E-state index in [2.05, 4.69) is 16.6 Å². The number of unbranched alkanes of at least 4 members (excludes halogenated alkanes) is 1. The molecule has 4 nitrogen and oxygen atoms in total. The first-order valence-corrected chi connectivity index (χ1v) is 7.05. The normalized spacial score (nSPS) is 10.2. The van der Waals surface area contributed by atoms with Crippen LogP contribution in [0.2, 0.25) is 5.02 Å². The predicted octanol–water partition coefficient (Wildman–Crippen LogP) is 2.99. The molecule has 1 aromatic heterocycles. The molecule has 0 aromatic carbocycles. The van der Waals surface area contributed by atoms with Gasteiger partial charge in [-0.25, -0.2) is 9.78 Å². The highest BCUT2D eigenvalue weighted by molar-refractivity contribution is 7.98. The fourth-order valence-corrected chi connectivity index (χ4v) is 1.96. The van der Waals surface area contributed by atoms with Crippen LogP contribution < -0.4 is 5.32 Å². The topological polar surface area (TPSA) is 62.2 Å². The zero-order valence-electron chi connectivity index (χ0n) is 9.57.